The van der Waals surface area contributed by atoms with Gasteiger partial charge >= 0.3 is 41.3 Å². The van der Waals surface area contributed by atoms with Gasteiger partial charge in [-0.2, -0.15) is 12.2 Å². The van der Waals surface area contributed by atoms with Crippen LogP contribution in [0.2, 0.25) is 0 Å². The predicted molar refractivity (Wildman–Crippen MR) is 94.4 cm³/mol. The molecular weight excluding hydrogens is 414 g/mol. The second kappa shape index (κ2) is 11.0. The zero-order valence-corrected chi connectivity index (χ0v) is 19.3. The fourth-order valence-corrected chi connectivity index (χ4v) is 4.09. The number of allylic oxidation sites excluding steroid dienone is 8. The summed E-state index contributed by atoms with van der Waals surface area (Å²) in [5.74, 6) is 2.48. The molecule has 3 aliphatic carbocycles. The second-order valence-corrected chi connectivity index (χ2v) is 9.33. The second-order valence-electron chi connectivity index (χ2n) is 6.87. The van der Waals surface area contributed by atoms with E-state index in [1.54, 1.807) is 41.3 Å². The molecule has 0 aromatic heterocycles. The molecule has 132 valence electrons. The summed E-state index contributed by atoms with van der Waals surface area (Å²) in [5, 5.41) is 0. The Bertz CT molecular complexity index is 532. The van der Waals surface area contributed by atoms with Crippen LogP contribution in [0, 0.1) is 17.3 Å². The van der Waals surface area contributed by atoms with Gasteiger partial charge < -0.3 is 24.8 Å². The van der Waals surface area contributed by atoms with Gasteiger partial charge in [0, 0.05) is 0 Å². The fraction of sp³-hybridized carbons (Fsp3) is 0.524. The number of hydrogen-bond donors (Lipinski definition) is 0. The van der Waals surface area contributed by atoms with Crippen molar-refractivity contribution in [3.63, 3.8) is 0 Å². The smallest absolute Gasteiger partial charge is 1.00 e. The average Bonchev–Trinajstić information content (AvgIpc) is 3.11. The summed E-state index contributed by atoms with van der Waals surface area (Å²) in [4.78, 5) is 0. The minimum atomic E-state index is 0. The SMILES string of the molecule is CCC1(CC)CC2CC=CC=C2[C-]1C1=CC=CC1.C[C](C)=[Zr+2].[Cl-].[Cl-]. The third-order valence-electron chi connectivity index (χ3n) is 5.17. The first-order valence-corrected chi connectivity index (χ1v) is 9.89. The molecule has 0 aromatic carbocycles. The molecule has 3 rings (SSSR count). The Balaban J connectivity index is 0.000000801. The van der Waals surface area contributed by atoms with Crippen molar-refractivity contribution in [2.75, 3.05) is 0 Å². The molecule has 24 heavy (non-hydrogen) atoms. The molecule has 1 saturated carbocycles. The maximum atomic E-state index is 2.38. The van der Waals surface area contributed by atoms with Crippen LogP contribution in [0.15, 0.2) is 47.6 Å². The Morgan fingerprint density at radius 1 is 1.12 bits per heavy atom. The molecule has 1 unspecified atom stereocenters. The van der Waals surface area contributed by atoms with Gasteiger partial charge in [0.15, 0.2) is 0 Å². The van der Waals surface area contributed by atoms with E-state index in [9.17, 15) is 0 Å². The molecule has 0 bridgehead atoms. The molecule has 0 heterocycles. The summed E-state index contributed by atoms with van der Waals surface area (Å²) in [6.45, 7) is 8.99. The Kier molecular flexibility index (Phi) is 11.1. The van der Waals surface area contributed by atoms with Crippen LogP contribution >= 0.6 is 0 Å². The van der Waals surface area contributed by atoms with Gasteiger partial charge in [0.25, 0.3) is 0 Å². The molecular formula is C21H29Cl2Zr-. The molecule has 1 fully saturated rings. The van der Waals surface area contributed by atoms with E-state index >= 15 is 0 Å². The monoisotopic (exact) mass is 441 g/mol. The Morgan fingerprint density at radius 3 is 2.21 bits per heavy atom. The Hall–Kier alpha value is 0.163. The van der Waals surface area contributed by atoms with Crippen molar-refractivity contribution in [3.8, 4) is 0 Å². The van der Waals surface area contributed by atoms with Crippen LogP contribution in [0.5, 0.6) is 0 Å². The molecule has 0 aliphatic heterocycles. The number of halogens is 2. The topological polar surface area (TPSA) is 0 Å². The normalized spacial score (nSPS) is 22.4. The van der Waals surface area contributed by atoms with Gasteiger partial charge in [0.05, 0.1) is 0 Å². The summed E-state index contributed by atoms with van der Waals surface area (Å²) in [6, 6.07) is 0. The maximum Gasteiger partial charge on any atom is -1.00 e. The van der Waals surface area contributed by atoms with Crippen molar-refractivity contribution in [1.82, 2.24) is 0 Å². The van der Waals surface area contributed by atoms with E-state index in [0.29, 0.717) is 5.41 Å². The predicted octanol–water partition coefficient (Wildman–Crippen LogP) is -0.0868. The minimum absolute atomic E-state index is 0. The third kappa shape index (κ3) is 5.33. The van der Waals surface area contributed by atoms with Crippen LogP contribution in [0.1, 0.15) is 59.8 Å². The van der Waals surface area contributed by atoms with Gasteiger partial charge in [-0.25, -0.2) is 0 Å². The molecule has 0 amide bonds. The van der Waals surface area contributed by atoms with Gasteiger partial charge in [-0.05, 0) is 30.6 Å². The number of rotatable bonds is 3. The van der Waals surface area contributed by atoms with Crippen molar-refractivity contribution in [3.05, 3.63) is 53.5 Å². The molecule has 1 atom stereocenters. The summed E-state index contributed by atoms with van der Waals surface area (Å²) in [7, 11) is 0. The Labute approximate surface area is 176 Å². The summed E-state index contributed by atoms with van der Waals surface area (Å²) in [5.41, 5.74) is 3.68. The molecule has 0 aromatic rings. The van der Waals surface area contributed by atoms with Gasteiger partial charge in [-0.15, -0.1) is 29.2 Å². The molecule has 0 saturated heterocycles. The van der Waals surface area contributed by atoms with E-state index in [4.69, 9.17) is 0 Å². The largest absolute Gasteiger partial charge is 1.00 e. The van der Waals surface area contributed by atoms with E-state index in [2.05, 4.69) is 64.2 Å². The Morgan fingerprint density at radius 2 is 1.71 bits per heavy atom. The van der Waals surface area contributed by atoms with Crippen LogP contribution in [0.3, 0.4) is 0 Å². The number of hydrogen-bond acceptors (Lipinski definition) is 0. The van der Waals surface area contributed by atoms with Gasteiger partial charge in [-0.1, -0.05) is 38.8 Å². The van der Waals surface area contributed by atoms with Gasteiger partial charge in [-0.3, -0.25) is 0 Å². The third-order valence-corrected chi connectivity index (χ3v) is 5.17. The van der Waals surface area contributed by atoms with Crippen molar-refractivity contribution in [2.24, 2.45) is 11.3 Å². The molecule has 0 nitrogen and oxygen atoms in total. The molecule has 3 aliphatic rings. The molecule has 0 spiro atoms. The van der Waals surface area contributed by atoms with Crippen molar-refractivity contribution >= 4 is 3.21 Å². The fourth-order valence-electron chi connectivity index (χ4n) is 4.09. The van der Waals surface area contributed by atoms with Gasteiger partial charge in [0.2, 0.25) is 0 Å². The molecule has 3 heteroatoms. The summed E-state index contributed by atoms with van der Waals surface area (Å²) >= 11 is 1.55. The quantitative estimate of drug-likeness (QED) is 0.535. The standard InChI is InChI=1S/C18H23.C3H6.2ClH.Zr/c1-3-18(4-2)13-15-11-7-8-12-16(15)17(18)14-9-5-6-10-14;1-3-2;;;/h5-9,12,15H,3-4,10-11,13H2,1-2H3;1-2H3;2*1H;/q-1;;;;+2/p-2. The summed E-state index contributed by atoms with van der Waals surface area (Å²) in [6.07, 6.45) is 20.2. The maximum absolute atomic E-state index is 2.38. The van der Waals surface area contributed by atoms with Crippen molar-refractivity contribution in [1.29, 1.82) is 0 Å². The average molecular weight is 444 g/mol. The van der Waals surface area contributed by atoms with E-state index in [1.807, 2.05) is 0 Å². The molecule has 0 N–H and O–H groups in total. The van der Waals surface area contributed by atoms with Crippen LogP contribution in [-0.2, 0) is 24.2 Å². The van der Waals surface area contributed by atoms with E-state index in [-0.39, 0.29) is 24.8 Å². The van der Waals surface area contributed by atoms with Crippen LogP contribution < -0.4 is 24.8 Å². The first-order chi connectivity index (χ1) is 10.5. The number of fused-ring (bicyclic) bond motifs is 1. The van der Waals surface area contributed by atoms with E-state index in [0.717, 1.165) is 12.3 Å². The van der Waals surface area contributed by atoms with Crippen molar-refractivity contribution in [2.45, 2.75) is 59.8 Å². The molecule has 0 radical (unpaired) electrons. The van der Waals surface area contributed by atoms with Crippen LogP contribution in [-0.4, -0.2) is 3.21 Å². The van der Waals surface area contributed by atoms with Gasteiger partial charge in [0.1, 0.15) is 0 Å². The zero-order valence-electron chi connectivity index (χ0n) is 15.3. The summed E-state index contributed by atoms with van der Waals surface area (Å²) < 4.78 is 1.51. The zero-order chi connectivity index (χ0) is 16.2. The first kappa shape index (κ1) is 24.2. The van der Waals surface area contributed by atoms with E-state index < -0.39 is 0 Å². The minimum Gasteiger partial charge on any atom is -1.00 e. The van der Waals surface area contributed by atoms with Crippen LogP contribution in [0.4, 0.5) is 0 Å². The van der Waals surface area contributed by atoms with E-state index in [1.165, 1.54) is 28.9 Å². The van der Waals surface area contributed by atoms with Crippen molar-refractivity contribution < 1.29 is 49.0 Å². The van der Waals surface area contributed by atoms with Crippen LogP contribution in [0.25, 0.3) is 0 Å². The first-order valence-electron chi connectivity index (χ1n) is 8.66.